The molecule has 1 fully saturated rings. The van der Waals surface area contributed by atoms with Gasteiger partial charge in [0, 0.05) is 20.8 Å². The minimum absolute atomic E-state index is 0.394. The Hall–Kier alpha value is -1.74. The number of rotatable bonds is 4. The molecule has 0 saturated carbocycles. The van der Waals surface area contributed by atoms with Crippen LogP contribution in [-0.2, 0) is 33.3 Å². The lowest BCUT2D eigenvalue weighted by molar-refractivity contribution is -0.279. The molecule has 5 atom stereocenters. The number of ether oxygens (including phenoxy) is 4. The van der Waals surface area contributed by atoms with E-state index in [0.717, 1.165) is 20.8 Å². The Kier molecular flexibility index (Phi) is 6.03. The lowest BCUT2D eigenvalue weighted by Crippen LogP contribution is -2.59. The lowest BCUT2D eigenvalue weighted by Gasteiger charge is -2.40. The summed E-state index contributed by atoms with van der Waals surface area (Å²) in [7, 11) is 0. The Balaban J connectivity index is 2.94. The normalized spacial score (nSPS) is 32.1. The molecule has 9 heteroatoms. The molecular weight excluding hydrogens is 291 g/mol. The minimum atomic E-state index is -2.10. The van der Waals surface area contributed by atoms with E-state index in [4.69, 9.17) is 18.9 Å². The zero-order chi connectivity index (χ0) is 16.2. The van der Waals surface area contributed by atoms with E-state index >= 15 is 0 Å². The molecule has 1 saturated heterocycles. The second kappa shape index (κ2) is 7.32. The van der Waals surface area contributed by atoms with Crippen LogP contribution in [0.4, 0.5) is 4.39 Å². The molecule has 0 bridgehead atoms. The van der Waals surface area contributed by atoms with Gasteiger partial charge in [0.1, 0.15) is 12.7 Å². The molecular formula is C12H17FO8. The number of esters is 3. The van der Waals surface area contributed by atoms with Crippen LogP contribution in [0, 0.1) is 0 Å². The number of hydrogen-bond donors (Lipinski definition) is 1. The Morgan fingerprint density at radius 1 is 1.05 bits per heavy atom. The van der Waals surface area contributed by atoms with Gasteiger partial charge in [0.2, 0.25) is 0 Å². The summed E-state index contributed by atoms with van der Waals surface area (Å²) in [5.74, 6) is -2.22. The van der Waals surface area contributed by atoms with Crippen molar-refractivity contribution in [3.8, 4) is 0 Å². The molecule has 0 spiro atoms. The van der Waals surface area contributed by atoms with Crippen molar-refractivity contribution in [3.63, 3.8) is 0 Å². The van der Waals surface area contributed by atoms with E-state index in [1.165, 1.54) is 0 Å². The van der Waals surface area contributed by atoms with E-state index in [2.05, 4.69) is 0 Å². The standard InChI is InChI=1S/C12H17FO8/c1-5(14)18-4-8-10(19-6(2)15)11(20-7(3)16)9(13)12(17)21-8/h8-12,17H,4H2,1-3H3/t8-,9-,10-,11-,12?/m1/s1. The molecule has 0 aromatic heterocycles. The van der Waals surface area contributed by atoms with E-state index in [-0.39, 0.29) is 0 Å². The van der Waals surface area contributed by atoms with E-state index < -0.39 is 55.3 Å². The van der Waals surface area contributed by atoms with Gasteiger partial charge in [-0.3, -0.25) is 14.4 Å². The predicted molar refractivity (Wildman–Crippen MR) is 63.5 cm³/mol. The summed E-state index contributed by atoms with van der Waals surface area (Å²) in [5, 5.41) is 9.48. The third-order valence-corrected chi connectivity index (χ3v) is 2.65. The summed E-state index contributed by atoms with van der Waals surface area (Å²) >= 11 is 0. The van der Waals surface area contributed by atoms with Crippen LogP contribution in [0.1, 0.15) is 20.8 Å². The van der Waals surface area contributed by atoms with Crippen molar-refractivity contribution in [1.29, 1.82) is 0 Å². The molecule has 21 heavy (non-hydrogen) atoms. The highest BCUT2D eigenvalue weighted by Crippen LogP contribution is 2.27. The van der Waals surface area contributed by atoms with E-state index in [9.17, 15) is 23.9 Å². The smallest absolute Gasteiger partial charge is 0.303 e. The average molecular weight is 308 g/mol. The first kappa shape index (κ1) is 17.3. The maximum atomic E-state index is 13.9. The van der Waals surface area contributed by atoms with Crippen molar-refractivity contribution >= 4 is 17.9 Å². The van der Waals surface area contributed by atoms with Gasteiger partial charge < -0.3 is 24.1 Å². The zero-order valence-electron chi connectivity index (χ0n) is 11.8. The fourth-order valence-electron chi connectivity index (χ4n) is 1.88. The zero-order valence-corrected chi connectivity index (χ0v) is 11.8. The quantitative estimate of drug-likeness (QED) is 0.545. The van der Waals surface area contributed by atoms with Gasteiger partial charge in [-0.25, -0.2) is 4.39 Å². The van der Waals surface area contributed by atoms with Crippen LogP contribution < -0.4 is 0 Å². The summed E-state index contributed by atoms with van der Waals surface area (Å²) in [4.78, 5) is 32.9. The van der Waals surface area contributed by atoms with Gasteiger partial charge in [0.25, 0.3) is 0 Å². The highest BCUT2D eigenvalue weighted by atomic mass is 19.1. The largest absolute Gasteiger partial charge is 0.463 e. The Bertz CT molecular complexity index is 412. The van der Waals surface area contributed by atoms with Crippen molar-refractivity contribution in [2.45, 2.75) is 51.5 Å². The number of carbonyl (C=O) groups excluding carboxylic acids is 3. The first-order chi connectivity index (χ1) is 9.72. The van der Waals surface area contributed by atoms with Gasteiger partial charge >= 0.3 is 17.9 Å². The number of halogens is 1. The maximum absolute atomic E-state index is 13.9. The molecule has 8 nitrogen and oxygen atoms in total. The summed E-state index contributed by atoms with van der Waals surface area (Å²) in [5.41, 5.74) is 0. The number of alkyl halides is 1. The highest BCUT2D eigenvalue weighted by molar-refractivity contribution is 5.67. The molecule has 1 aliphatic rings. The molecule has 1 heterocycles. The van der Waals surface area contributed by atoms with Crippen molar-refractivity contribution in [1.82, 2.24) is 0 Å². The van der Waals surface area contributed by atoms with Crippen molar-refractivity contribution < 1.29 is 42.8 Å². The first-order valence-corrected chi connectivity index (χ1v) is 6.17. The molecule has 1 rings (SSSR count). The van der Waals surface area contributed by atoms with Crippen LogP contribution in [0.25, 0.3) is 0 Å². The van der Waals surface area contributed by atoms with Gasteiger partial charge in [-0.15, -0.1) is 0 Å². The third-order valence-electron chi connectivity index (χ3n) is 2.65. The number of aliphatic hydroxyl groups excluding tert-OH is 1. The van der Waals surface area contributed by atoms with Gasteiger partial charge in [-0.2, -0.15) is 0 Å². The molecule has 120 valence electrons. The number of aliphatic hydroxyl groups is 1. The summed E-state index contributed by atoms with van der Waals surface area (Å²) in [6.07, 6.45) is -8.07. The fraction of sp³-hybridized carbons (Fsp3) is 0.750. The van der Waals surface area contributed by atoms with Crippen LogP contribution in [0.5, 0.6) is 0 Å². The van der Waals surface area contributed by atoms with Crippen LogP contribution >= 0.6 is 0 Å². The summed E-state index contributed by atoms with van der Waals surface area (Å²) < 4.78 is 33.2. The van der Waals surface area contributed by atoms with Crippen LogP contribution in [0.2, 0.25) is 0 Å². The number of hydrogen-bond acceptors (Lipinski definition) is 8. The molecule has 1 N–H and O–H groups in total. The van der Waals surface area contributed by atoms with Gasteiger partial charge in [-0.05, 0) is 0 Å². The van der Waals surface area contributed by atoms with Crippen LogP contribution in [-0.4, -0.2) is 60.4 Å². The van der Waals surface area contributed by atoms with Crippen molar-refractivity contribution in [2.75, 3.05) is 6.61 Å². The first-order valence-electron chi connectivity index (χ1n) is 6.17. The monoisotopic (exact) mass is 308 g/mol. The molecule has 0 aliphatic carbocycles. The number of carbonyl (C=O) groups is 3. The molecule has 0 aromatic carbocycles. The van der Waals surface area contributed by atoms with Crippen LogP contribution in [0.15, 0.2) is 0 Å². The molecule has 0 radical (unpaired) electrons. The summed E-state index contributed by atoms with van der Waals surface area (Å²) in [6.45, 7) is 2.86. The van der Waals surface area contributed by atoms with Gasteiger partial charge in [0.05, 0.1) is 0 Å². The minimum Gasteiger partial charge on any atom is -0.463 e. The topological polar surface area (TPSA) is 108 Å². The van der Waals surface area contributed by atoms with E-state index in [1.54, 1.807) is 0 Å². The molecule has 0 aromatic rings. The third kappa shape index (κ3) is 4.94. The second-order valence-corrected chi connectivity index (χ2v) is 4.46. The van der Waals surface area contributed by atoms with Crippen LogP contribution in [0.3, 0.4) is 0 Å². The highest BCUT2D eigenvalue weighted by Gasteiger charge is 2.50. The average Bonchev–Trinajstić information content (AvgIpc) is 2.35. The summed E-state index contributed by atoms with van der Waals surface area (Å²) in [6, 6.07) is 0. The van der Waals surface area contributed by atoms with Gasteiger partial charge in [-0.1, -0.05) is 0 Å². The Labute approximate surface area is 120 Å². The predicted octanol–water partition coefficient (Wildman–Crippen LogP) is -0.532. The van der Waals surface area contributed by atoms with E-state index in [0.29, 0.717) is 0 Å². The fourth-order valence-corrected chi connectivity index (χ4v) is 1.88. The molecule has 0 amide bonds. The molecule has 1 unspecified atom stereocenters. The SMILES string of the molecule is CC(=O)OC[C@H]1OC(O)[C@H](F)[C@@H](OC(C)=O)[C@@H]1OC(C)=O. The lowest BCUT2D eigenvalue weighted by atomic mass is 9.99. The molecule has 1 aliphatic heterocycles. The Morgan fingerprint density at radius 2 is 1.57 bits per heavy atom. The van der Waals surface area contributed by atoms with Gasteiger partial charge in [0.15, 0.2) is 24.7 Å². The van der Waals surface area contributed by atoms with Crippen molar-refractivity contribution in [3.05, 3.63) is 0 Å². The maximum Gasteiger partial charge on any atom is 0.303 e. The second-order valence-electron chi connectivity index (χ2n) is 4.46. The Morgan fingerprint density at radius 3 is 2.05 bits per heavy atom. The van der Waals surface area contributed by atoms with E-state index in [1.807, 2.05) is 0 Å². The van der Waals surface area contributed by atoms with Crippen molar-refractivity contribution in [2.24, 2.45) is 0 Å².